The quantitative estimate of drug-likeness (QED) is 0.768. The molecule has 1 saturated heterocycles. The second kappa shape index (κ2) is 3.57. The Bertz CT molecular complexity index is 451. The van der Waals surface area contributed by atoms with Crippen LogP contribution in [0.3, 0.4) is 0 Å². The van der Waals surface area contributed by atoms with Gasteiger partial charge in [0.1, 0.15) is 0 Å². The van der Waals surface area contributed by atoms with Crippen LogP contribution < -0.4 is 5.73 Å². The zero-order valence-corrected chi connectivity index (χ0v) is 9.20. The van der Waals surface area contributed by atoms with Gasteiger partial charge in [0.25, 0.3) is 0 Å². The summed E-state index contributed by atoms with van der Waals surface area (Å²) in [6.07, 6.45) is 0.558. The molecule has 0 spiro atoms. The number of rotatable bonds is 2. The molecule has 0 amide bonds. The Morgan fingerprint density at radius 2 is 2.27 bits per heavy atom. The summed E-state index contributed by atoms with van der Waals surface area (Å²) >= 11 is 0. The lowest BCUT2D eigenvalue weighted by atomic mass is 10.1. The van der Waals surface area contributed by atoms with Gasteiger partial charge in [0.05, 0.1) is 23.5 Å². The Morgan fingerprint density at radius 3 is 2.73 bits per heavy atom. The zero-order chi connectivity index (χ0) is 11.1. The standard InChI is InChI=1S/C8H13N3O3S/c1-5(9)7-10-11-8(14-7)6-2-3-15(12,13)4-6/h5-6H,2-4,9H2,1H3. The van der Waals surface area contributed by atoms with Gasteiger partial charge in [-0.1, -0.05) is 0 Å². The summed E-state index contributed by atoms with van der Waals surface area (Å²) in [5.74, 6) is 0.897. The first-order valence-electron chi connectivity index (χ1n) is 4.77. The fourth-order valence-electron chi connectivity index (χ4n) is 1.59. The molecule has 1 aliphatic heterocycles. The largest absolute Gasteiger partial charge is 0.423 e. The monoisotopic (exact) mass is 231 g/mol. The van der Waals surface area contributed by atoms with Gasteiger partial charge in [-0.3, -0.25) is 0 Å². The van der Waals surface area contributed by atoms with Gasteiger partial charge < -0.3 is 10.2 Å². The Labute approximate surface area is 87.8 Å². The highest BCUT2D eigenvalue weighted by Crippen LogP contribution is 2.28. The third-order valence-corrected chi connectivity index (χ3v) is 4.20. The van der Waals surface area contributed by atoms with Gasteiger partial charge in [0, 0.05) is 0 Å². The van der Waals surface area contributed by atoms with Crippen molar-refractivity contribution in [2.45, 2.75) is 25.3 Å². The SMILES string of the molecule is CC(N)c1nnc(C2CCS(=O)(=O)C2)o1. The summed E-state index contributed by atoms with van der Waals surface area (Å²) in [5.41, 5.74) is 5.56. The molecule has 0 radical (unpaired) electrons. The average molecular weight is 231 g/mol. The van der Waals surface area contributed by atoms with E-state index in [1.165, 1.54) is 0 Å². The van der Waals surface area contributed by atoms with E-state index in [1.807, 2.05) is 0 Å². The Balaban J connectivity index is 2.17. The first kappa shape index (κ1) is 10.6. The molecule has 2 heterocycles. The van der Waals surface area contributed by atoms with Gasteiger partial charge in [0.15, 0.2) is 9.84 Å². The number of nitrogens with two attached hydrogens (primary N) is 1. The number of sulfone groups is 1. The number of hydrogen-bond donors (Lipinski definition) is 1. The molecule has 0 saturated carbocycles. The van der Waals surface area contributed by atoms with E-state index in [1.54, 1.807) is 6.92 Å². The molecule has 0 aliphatic carbocycles. The van der Waals surface area contributed by atoms with Crippen molar-refractivity contribution in [2.24, 2.45) is 5.73 Å². The normalized spacial score (nSPS) is 26.7. The third-order valence-electron chi connectivity index (χ3n) is 2.43. The summed E-state index contributed by atoms with van der Waals surface area (Å²) < 4.78 is 27.8. The molecule has 15 heavy (non-hydrogen) atoms. The number of nitrogens with zero attached hydrogens (tertiary/aromatic N) is 2. The van der Waals surface area contributed by atoms with Crippen molar-refractivity contribution in [1.82, 2.24) is 10.2 Å². The Hall–Kier alpha value is -0.950. The van der Waals surface area contributed by atoms with Crippen LogP contribution in [0, 0.1) is 0 Å². The van der Waals surface area contributed by atoms with Gasteiger partial charge >= 0.3 is 0 Å². The predicted octanol–water partition coefficient (Wildman–Crippen LogP) is -0.00860. The van der Waals surface area contributed by atoms with Crippen molar-refractivity contribution in [2.75, 3.05) is 11.5 Å². The highest BCUT2D eigenvalue weighted by molar-refractivity contribution is 7.91. The minimum absolute atomic E-state index is 0.105. The molecule has 0 bridgehead atoms. The van der Waals surface area contributed by atoms with Gasteiger partial charge in [-0.25, -0.2) is 8.42 Å². The average Bonchev–Trinajstić information content (AvgIpc) is 2.70. The van der Waals surface area contributed by atoms with Crippen LogP contribution in [0.15, 0.2) is 4.42 Å². The van der Waals surface area contributed by atoms with E-state index in [9.17, 15) is 8.42 Å². The lowest BCUT2D eigenvalue weighted by Crippen LogP contribution is -2.05. The highest BCUT2D eigenvalue weighted by Gasteiger charge is 2.32. The summed E-state index contributed by atoms with van der Waals surface area (Å²) in [6, 6.07) is -0.315. The molecule has 2 unspecified atom stereocenters. The second-order valence-electron chi connectivity index (χ2n) is 3.87. The topological polar surface area (TPSA) is 99.1 Å². The summed E-state index contributed by atoms with van der Waals surface area (Å²) in [4.78, 5) is 0. The van der Waals surface area contributed by atoms with Crippen molar-refractivity contribution < 1.29 is 12.8 Å². The fourth-order valence-corrected chi connectivity index (χ4v) is 3.32. The maximum atomic E-state index is 11.2. The molecular weight excluding hydrogens is 218 g/mol. The van der Waals surface area contributed by atoms with Crippen molar-refractivity contribution in [1.29, 1.82) is 0 Å². The maximum Gasteiger partial charge on any atom is 0.232 e. The van der Waals surface area contributed by atoms with Crippen molar-refractivity contribution in [3.8, 4) is 0 Å². The van der Waals surface area contributed by atoms with Crippen LogP contribution in [0.4, 0.5) is 0 Å². The summed E-state index contributed by atoms with van der Waals surface area (Å²) in [6.45, 7) is 1.74. The third kappa shape index (κ3) is 2.18. The van der Waals surface area contributed by atoms with Crippen LogP contribution in [0.2, 0.25) is 0 Å². The number of hydrogen-bond acceptors (Lipinski definition) is 6. The van der Waals surface area contributed by atoms with Gasteiger partial charge in [-0.05, 0) is 13.3 Å². The van der Waals surface area contributed by atoms with Gasteiger partial charge in [0.2, 0.25) is 11.8 Å². The van der Waals surface area contributed by atoms with Crippen molar-refractivity contribution in [3.05, 3.63) is 11.8 Å². The molecule has 2 N–H and O–H groups in total. The van der Waals surface area contributed by atoms with Gasteiger partial charge in [-0.2, -0.15) is 0 Å². The van der Waals surface area contributed by atoms with Crippen molar-refractivity contribution in [3.63, 3.8) is 0 Å². The minimum Gasteiger partial charge on any atom is -0.423 e. The molecule has 84 valence electrons. The number of aromatic nitrogens is 2. The van der Waals surface area contributed by atoms with E-state index in [2.05, 4.69) is 10.2 Å². The van der Waals surface area contributed by atoms with Crippen LogP contribution in [0.1, 0.15) is 37.1 Å². The Morgan fingerprint density at radius 1 is 1.53 bits per heavy atom. The first-order chi connectivity index (χ1) is 6.98. The molecule has 6 nitrogen and oxygen atoms in total. The fraction of sp³-hybridized carbons (Fsp3) is 0.750. The van der Waals surface area contributed by atoms with Crippen molar-refractivity contribution >= 4 is 9.84 Å². The molecule has 2 atom stereocenters. The van der Waals surface area contributed by atoms with Gasteiger partial charge in [-0.15, -0.1) is 10.2 Å². The van der Waals surface area contributed by atoms with Crippen LogP contribution in [-0.2, 0) is 9.84 Å². The maximum absolute atomic E-state index is 11.2. The molecule has 7 heteroatoms. The molecule has 1 aliphatic rings. The molecular formula is C8H13N3O3S. The van der Waals surface area contributed by atoms with Crippen LogP contribution in [-0.4, -0.2) is 30.1 Å². The molecule has 0 aromatic carbocycles. The highest BCUT2D eigenvalue weighted by atomic mass is 32.2. The first-order valence-corrected chi connectivity index (χ1v) is 6.59. The van der Waals surface area contributed by atoms with E-state index < -0.39 is 9.84 Å². The Kier molecular flexibility index (Phi) is 2.51. The second-order valence-corrected chi connectivity index (χ2v) is 6.10. The minimum atomic E-state index is -2.91. The molecule has 1 fully saturated rings. The lowest BCUT2D eigenvalue weighted by molar-refractivity contribution is 0.407. The smallest absolute Gasteiger partial charge is 0.232 e. The lowest BCUT2D eigenvalue weighted by Gasteiger charge is -2.00. The van der Waals surface area contributed by atoms with Crippen LogP contribution in [0.5, 0.6) is 0 Å². The predicted molar refractivity (Wildman–Crippen MR) is 52.9 cm³/mol. The molecule has 2 rings (SSSR count). The van der Waals surface area contributed by atoms with E-state index in [0.29, 0.717) is 18.2 Å². The van der Waals surface area contributed by atoms with E-state index in [4.69, 9.17) is 10.2 Å². The van der Waals surface area contributed by atoms with Crippen LogP contribution >= 0.6 is 0 Å². The van der Waals surface area contributed by atoms with E-state index in [-0.39, 0.29) is 23.5 Å². The zero-order valence-electron chi connectivity index (χ0n) is 8.38. The van der Waals surface area contributed by atoms with Crippen LogP contribution in [0.25, 0.3) is 0 Å². The molecule has 1 aromatic heterocycles. The summed E-state index contributed by atoms with van der Waals surface area (Å²) in [5, 5.41) is 7.60. The molecule has 1 aromatic rings. The van der Waals surface area contributed by atoms with E-state index >= 15 is 0 Å². The summed E-state index contributed by atoms with van der Waals surface area (Å²) in [7, 11) is -2.91. The van der Waals surface area contributed by atoms with E-state index in [0.717, 1.165) is 0 Å².